The van der Waals surface area contributed by atoms with E-state index in [2.05, 4.69) is 34.3 Å². The summed E-state index contributed by atoms with van der Waals surface area (Å²) in [6, 6.07) is 10.3. The molecule has 1 aliphatic heterocycles. The van der Waals surface area contributed by atoms with E-state index in [0.29, 0.717) is 48.6 Å². The molecule has 2 aliphatic carbocycles. The Kier molecular flexibility index (Phi) is 4.78. The molecule has 1 unspecified atom stereocenters. The van der Waals surface area contributed by atoms with Gasteiger partial charge in [-0.15, -0.1) is 0 Å². The number of hydrogen-bond donors (Lipinski definition) is 1. The molecule has 2 fully saturated rings. The van der Waals surface area contributed by atoms with Gasteiger partial charge in [-0.3, -0.25) is 14.3 Å². The van der Waals surface area contributed by atoms with E-state index in [0.717, 1.165) is 48.1 Å². The van der Waals surface area contributed by atoms with Crippen molar-refractivity contribution in [3.05, 3.63) is 76.7 Å². The highest BCUT2D eigenvalue weighted by molar-refractivity contribution is 5.96. The number of nitrogens with two attached hydrogens (primary N) is 1. The van der Waals surface area contributed by atoms with E-state index in [1.807, 2.05) is 21.8 Å². The van der Waals surface area contributed by atoms with Crippen molar-refractivity contribution in [3.63, 3.8) is 0 Å². The van der Waals surface area contributed by atoms with Gasteiger partial charge in [0.15, 0.2) is 5.78 Å². The molecule has 7 heteroatoms. The van der Waals surface area contributed by atoms with Crippen LogP contribution in [0.2, 0.25) is 0 Å². The minimum atomic E-state index is 0.109. The number of hydrogen-bond acceptors (Lipinski definition) is 5. The lowest BCUT2D eigenvalue weighted by molar-refractivity contribution is -0.130. The molecule has 1 amide bonds. The Labute approximate surface area is 192 Å². The van der Waals surface area contributed by atoms with E-state index in [1.165, 1.54) is 0 Å². The van der Waals surface area contributed by atoms with Crippen molar-refractivity contribution >= 4 is 17.5 Å². The average molecular weight is 442 g/mol. The molecule has 1 saturated carbocycles. The molecule has 6 rings (SSSR count). The number of fused-ring (bicyclic) bond motifs is 2. The summed E-state index contributed by atoms with van der Waals surface area (Å²) in [4.78, 5) is 31.2. The highest BCUT2D eigenvalue weighted by Crippen LogP contribution is 2.46. The average Bonchev–Trinajstić information content (AvgIpc) is 3.10. The summed E-state index contributed by atoms with van der Waals surface area (Å²) < 4.78 is 1.81. The quantitative estimate of drug-likeness (QED) is 0.568. The molecular weight excluding hydrogens is 414 g/mol. The second-order valence-corrected chi connectivity index (χ2v) is 9.69. The fourth-order valence-electron chi connectivity index (χ4n) is 5.46. The lowest BCUT2D eigenvalue weighted by Gasteiger charge is -2.18. The largest absolute Gasteiger partial charge is 0.383 e. The Morgan fingerprint density at radius 1 is 1.12 bits per heavy atom. The summed E-state index contributed by atoms with van der Waals surface area (Å²) in [6.07, 6.45) is 8.60. The van der Waals surface area contributed by atoms with Crippen LogP contribution in [0.3, 0.4) is 0 Å². The van der Waals surface area contributed by atoms with Crippen LogP contribution in [0, 0.1) is 11.8 Å². The molecule has 0 radical (unpaired) electrons. The fourth-order valence-corrected chi connectivity index (χ4v) is 5.46. The van der Waals surface area contributed by atoms with Crippen molar-refractivity contribution in [2.45, 2.75) is 44.7 Å². The number of nitrogen functional groups attached to an aromatic ring is 1. The number of carbonyl (C=O) groups is 2. The van der Waals surface area contributed by atoms with E-state index in [-0.39, 0.29) is 11.7 Å². The molecule has 3 heterocycles. The highest BCUT2D eigenvalue weighted by Gasteiger charge is 2.51. The van der Waals surface area contributed by atoms with E-state index < -0.39 is 0 Å². The van der Waals surface area contributed by atoms with Crippen molar-refractivity contribution in [3.8, 4) is 0 Å². The molecule has 0 spiro atoms. The highest BCUT2D eigenvalue weighted by atomic mass is 16.2. The zero-order valence-electron chi connectivity index (χ0n) is 18.5. The molecule has 0 bridgehead atoms. The maximum atomic E-state index is 12.9. The maximum Gasteiger partial charge on any atom is 0.226 e. The van der Waals surface area contributed by atoms with Crippen LogP contribution in [0.4, 0.5) is 5.82 Å². The number of ketones is 1. The monoisotopic (exact) mass is 441 g/mol. The molecule has 2 aromatic heterocycles. The molecule has 7 nitrogen and oxygen atoms in total. The first kappa shape index (κ1) is 20.1. The van der Waals surface area contributed by atoms with Gasteiger partial charge < -0.3 is 10.6 Å². The van der Waals surface area contributed by atoms with E-state index in [9.17, 15) is 9.59 Å². The topological polar surface area (TPSA) is 94.1 Å². The standard InChI is InChI=1S/C26H27N5O2/c27-25-22-6-5-18(21(22)7-8-28-25)10-24(32)20-11-29-31(15-20)13-17-3-1-16(2-4-17)12-30-14-19-9-23(19)26(30)33/h1-4,7-8,11,15,18-19,23H,5-6,9-10,12-14H2,(H2,27,28)/t18?,19-,23-/m1/s1. The Morgan fingerprint density at radius 3 is 2.67 bits per heavy atom. The first-order valence-corrected chi connectivity index (χ1v) is 11.7. The second-order valence-electron chi connectivity index (χ2n) is 9.69. The number of likely N-dealkylation sites (tertiary alicyclic amines) is 1. The third-order valence-corrected chi connectivity index (χ3v) is 7.44. The third kappa shape index (κ3) is 3.81. The molecule has 33 heavy (non-hydrogen) atoms. The van der Waals surface area contributed by atoms with Crippen LogP contribution >= 0.6 is 0 Å². The fraction of sp³-hybridized carbons (Fsp3) is 0.385. The lowest BCUT2D eigenvalue weighted by atomic mass is 9.94. The number of aromatic nitrogens is 3. The number of piperidine rings is 1. The van der Waals surface area contributed by atoms with Crippen LogP contribution < -0.4 is 5.73 Å². The van der Waals surface area contributed by atoms with Crippen molar-refractivity contribution in [1.82, 2.24) is 19.7 Å². The Hall–Kier alpha value is -3.48. The Morgan fingerprint density at radius 2 is 1.91 bits per heavy atom. The Bertz CT molecular complexity index is 1230. The van der Waals surface area contributed by atoms with Gasteiger partial charge in [-0.1, -0.05) is 24.3 Å². The number of Topliss-reactive ketones (excluding diaryl/α,β-unsaturated/α-hetero) is 1. The van der Waals surface area contributed by atoms with E-state index in [1.54, 1.807) is 12.4 Å². The SMILES string of the molecule is Nc1nccc2c1CCC2CC(=O)c1cnn(Cc2ccc(CN3C[C@H]4C[C@H]4C3=O)cc2)c1. The van der Waals surface area contributed by atoms with Crippen LogP contribution in [0.15, 0.2) is 48.9 Å². The zero-order chi connectivity index (χ0) is 22.5. The van der Waals surface area contributed by atoms with Crippen molar-refractivity contribution in [2.24, 2.45) is 11.8 Å². The van der Waals surface area contributed by atoms with Gasteiger partial charge >= 0.3 is 0 Å². The minimum absolute atomic E-state index is 0.109. The van der Waals surface area contributed by atoms with Crippen LogP contribution in [0.1, 0.15) is 57.8 Å². The molecular formula is C26H27N5O2. The van der Waals surface area contributed by atoms with Gasteiger partial charge in [-0.2, -0.15) is 5.10 Å². The summed E-state index contributed by atoms with van der Waals surface area (Å²) in [5.41, 5.74) is 11.2. The second kappa shape index (κ2) is 7.83. The van der Waals surface area contributed by atoms with Gasteiger partial charge in [-0.25, -0.2) is 4.98 Å². The molecule has 2 N–H and O–H groups in total. The summed E-state index contributed by atoms with van der Waals surface area (Å²) in [6.45, 7) is 2.21. The number of nitrogens with zero attached hydrogens (tertiary/aromatic N) is 4. The van der Waals surface area contributed by atoms with Crippen molar-refractivity contribution in [2.75, 3.05) is 12.3 Å². The minimum Gasteiger partial charge on any atom is -0.383 e. The van der Waals surface area contributed by atoms with Crippen LogP contribution in [-0.4, -0.2) is 37.9 Å². The number of benzene rings is 1. The molecule has 3 aliphatic rings. The van der Waals surface area contributed by atoms with E-state index >= 15 is 0 Å². The van der Waals surface area contributed by atoms with Gasteiger partial charge in [0.05, 0.1) is 18.3 Å². The smallest absolute Gasteiger partial charge is 0.226 e. The maximum absolute atomic E-state index is 12.9. The first-order valence-electron chi connectivity index (χ1n) is 11.7. The summed E-state index contributed by atoms with van der Waals surface area (Å²) >= 11 is 0. The summed E-state index contributed by atoms with van der Waals surface area (Å²) in [5, 5.41) is 4.41. The summed E-state index contributed by atoms with van der Waals surface area (Å²) in [7, 11) is 0. The van der Waals surface area contributed by atoms with Crippen LogP contribution in [0.25, 0.3) is 0 Å². The zero-order valence-corrected chi connectivity index (χ0v) is 18.5. The predicted octanol–water partition coefficient (Wildman–Crippen LogP) is 3.19. The molecule has 168 valence electrons. The summed E-state index contributed by atoms with van der Waals surface area (Å²) in [5.74, 6) is 2.12. The Balaban J connectivity index is 1.06. The van der Waals surface area contributed by atoms with Gasteiger partial charge in [-0.05, 0) is 59.4 Å². The molecule has 3 aromatic rings. The van der Waals surface area contributed by atoms with Gasteiger partial charge in [0.25, 0.3) is 0 Å². The van der Waals surface area contributed by atoms with Crippen molar-refractivity contribution in [1.29, 1.82) is 0 Å². The molecule has 3 atom stereocenters. The van der Waals surface area contributed by atoms with Crippen molar-refractivity contribution < 1.29 is 9.59 Å². The number of rotatable bonds is 7. The number of anilines is 1. The van der Waals surface area contributed by atoms with Gasteiger partial charge in [0.2, 0.25) is 5.91 Å². The van der Waals surface area contributed by atoms with Gasteiger partial charge in [0, 0.05) is 37.8 Å². The van der Waals surface area contributed by atoms with Crippen LogP contribution in [-0.2, 0) is 24.3 Å². The van der Waals surface area contributed by atoms with Gasteiger partial charge in [0.1, 0.15) is 5.82 Å². The molecule has 1 aromatic carbocycles. The molecule has 1 saturated heterocycles. The normalized spacial score (nSPS) is 23.0. The lowest BCUT2D eigenvalue weighted by Crippen LogP contribution is -2.27. The predicted molar refractivity (Wildman–Crippen MR) is 123 cm³/mol. The number of pyridine rings is 1. The third-order valence-electron chi connectivity index (χ3n) is 7.44. The first-order chi connectivity index (χ1) is 16.0. The van der Waals surface area contributed by atoms with E-state index in [4.69, 9.17) is 5.73 Å². The number of carbonyl (C=O) groups excluding carboxylic acids is 2. The van der Waals surface area contributed by atoms with Crippen LogP contribution in [0.5, 0.6) is 0 Å². The number of amides is 1.